The molecule has 15 heavy (non-hydrogen) atoms. The van der Waals surface area contributed by atoms with E-state index in [1.54, 1.807) is 5.43 Å². The lowest BCUT2D eigenvalue weighted by molar-refractivity contribution is -0.155. The average molecular weight is 222 g/mol. The molecule has 1 atom stereocenters. The molecule has 0 amide bonds. The van der Waals surface area contributed by atoms with Crippen LogP contribution in [0.15, 0.2) is 24.3 Å². The topological polar surface area (TPSA) is 38.0 Å². The van der Waals surface area contributed by atoms with Crippen molar-refractivity contribution in [2.45, 2.75) is 18.6 Å². The molecule has 0 spiro atoms. The van der Waals surface area contributed by atoms with Gasteiger partial charge in [-0.05, 0) is 11.6 Å². The first-order chi connectivity index (χ1) is 6.95. The molecule has 0 aliphatic heterocycles. The molecule has 0 aromatic heterocycles. The van der Waals surface area contributed by atoms with Crippen LogP contribution in [-0.4, -0.2) is 12.2 Å². The smallest absolute Gasteiger partial charge is 0.271 e. The summed E-state index contributed by atoms with van der Waals surface area (Å²) in [7, 11) is 0. The molecule has 84 valence electrons. The first-order valence-electron chi connectivity index (χ1n) is 4.21. The summed E-state index contributed by atoms with van der Waals surface area (Å²) in [4.78, 5) is 0. The largest absolute Gasteiger partial charge is 0.405 e. The van der Waals surface area contributed by atoms with Crippen molar-refractivity contribution in [3.63, 3.8) is 0 Å². The molecule has 0 fully saturated rings. The van der Waals surface area contributed by atoms with Crippen LogP contribution in [0.3, 0.4) is 0 Å². The predicted octanol–water partition coefficient (Wildman–Crippen LogP) is 1.76. The van der Waals surface area contributed by atoms with Gasteiger partial charge in [0, 0.05) is 6.42 Å². The lowest BCUT2D eigenvalue weighted by Crippen LogP contribution is -2.47. The highest BCUT2D eigenvalue weighted by Crippen LogP contribution is 2.23. The van der Waals surface area contributed by atoms with E-state index in [-0.39, 0.29) is 5.56 Å². The summed E-state index contributed by atoms with van der Waals surface area (Å²) in [6.45, 7) is 0. The number of halogens is 4. The maximum Gasteiger partial charge on any atom is 0.405 e. The van der Waals surface area contributed by atoms with Gasteiger partial charge in [0.15, 0.2) is 0 Å². The highest BCUT2D eigenvalue weighted by Gasteiger charge is 2.39. The highest BCUT2D eigenvalue weighted by molar-refractivity contribution is 5.18. The first-order valence-corrected chi connectivity index (χ1v) is 4.21. The number of hydrogen-bond donors (Lipinski definition) is 2. The van der Waals surface area contributed by atoms with Gasteiger partial charge in [0.2, 0.25) is 0 Å². The van der Waals surface area contributed by atoms with Gasteiger partial charge in [0.1, 0.15) is 11.9 Å². The number of hydrazine groups is 1. The fourth-order valence-corrected chi connectivity index (χ4v) is 1.15. The minimum atomic E-state index is -4.49. The Hall–Kier alpha value is -1.14. The molecule has 0 saturated carbocycles. The SMILES string of the molecule is NNC(Cc1ccccc1F)C(F)(F)F. The zero-order chi connectivity index (χ0) is 11.5. The lowest BCUT2D eigenvalue weighted by atomic mass is 10.1. The van der Waals surface area contributed by atoms with Crippen molar-refractivity contribution in [2.24, 2.45) is 5.84 Å². The quantitative estimate of drug-likeness (QED) is 0.464. The Bertz CT molecular complexity index is 324. The lowest BCUT2D eigenvalue weighted by Gasteiger charge is -2.19. The van der Waals surface area contributed by atoms with E-state index in [1.165, 1.54) is 18.2 Å². The average Bonchev–Trinajstić information content (AvgIpc) is 2.14. The zero-order valence-corrected chi connectivity index (χ0v) is 7.68. The van der Waals surface area contributed by atoms with E-state index in [9.17, 15) is 17.6 Å². The number of alkyl halides is 3. The second-order valence-corrected chi connectivity index (χ2v) is 3.06. The van der Waals surface area contributed by atoms with Crippen LogP contribution in [0.1, 0.15) is 5.56 Å². The molecule has 1 aromatic carbocycles. The molecular weight excluding hydrogens is 212 g/mol. The number of rotatable bonds is 3. The maximum atomic E-state index is 13.0. The molecule has 3 N–H and O–H groups in total. The van der Waals surface area contributed by atoms with Gasteiger partial charge in [0.25, 0.3) is 0 Å². The van der Waals surface area contributed by atoms with Crippen LogP contribution in [0.2, 0.25) is 0 Å². The van der Waals surface area contributed by atoms with Crippen molar-refractivity contribution in [3.8, 4) is 0 Å². The van der Waals surface area contributed by atoms with Gasteiger partial charge >= 0.3 is 6.18 Å². The fraction of sp³-hybridized carbons (Fsp3) is 0.333. The Morgan fingerprint density at radius 3 is 2.33 bits per heavy atom. The van der Waals surface area contributed by atoms with Crippen molar-refractivity contribution in [1.82, 2.24) is 5.43 Å². The van der Waals surface area contributed by atoms with Crippen molar-refractivity contribution in [3.05, 3.63) is 35.6 Å². The van der Waals surface area contributed by atoms with Crippen LogP contribution >= 0.6 is 0 Å². The van der Waals surface area contributed by atoms with Crippen molar-refractivity contribution in [2.75, 3.05) is 0 Å². The van der Waals surface area contributed by atoms with Crippen LogP contribution in [0, 0.1) is 5.82 Å². The minimum absolute atomic E-state index is 0.0159. The molecule has 0 saturated heterocycles. The van der Waals surface area contributed by atoms with Gasteiger partial charge in [0.05, 0.1) is 0 Å². The Morgan fingerprint density at radius 1 is 1.27 bits per heavy atom. The second kappa shape index (κ2) is 4.59. The third-order valence-electron chi connectivity index (χ3n) is 1.98. The number of hydrogen-bond acceptors (Lipinski definition) is 2. The highest BCUT2D eigenvalue weighted by atomic mass is 19.4. The molecule has 0 heterocycles. The van der Waals surface area contributed by atoms with E-state index >= 15 is 0 Å². The molecule has 0 bridgehead atoms. The third kappa shape index (κ3) is 3.17. The van der Waals surface area contributed by atoms with Crippen molar-refractivity contribution >= 4 is 0 Å². The van der Waals surface area contributed by atoms with E-state index in [0.717, 1.165) is 6.07 Å². The molecule has 1 unspecified atom stereocenters. The number of nitrogens with two attached hydrogens (primary N) is 1. The van der Waals surface area contributed by atoms with E-state index in [0.29, 0.717) is 0 Å². The molecule has 0 aliphatic rings. The van der Waals surface area contributed by atoms with Gasteiger partial charge in [-0.1, -0.05) is 18.2 Å². The standard InChI is InChI=1S/C9H10F4N2/c10-7-4-2-1-3-6(7)5-8(15-14)9(11,12)13/h1-4,8,15H,5,14H2. The van der Waals surface area contributed by atoms with Crippen LogP contribution in [0.5, 0.6) is 0 Å². The van der Waals surface area contributed by atoms with E-state index < -0.39 is 24.5 Å². The van der Waals surface area contributed by atoms with Crippen LogP contribution in [0.4, 0.5) is 17.6 Å². The first kappa shape index (κ1) is 11.9. The summed E-state index contributed by atoms with van der Waals surface area (Å²) < 4.78 is 49.9. The molecule has 6 heteroatoms. The Balaban J connectivity index is 2.80. The van der Waals surface area contributed by atoms with Gasteiger partial charge in [-0.25, -0.2) is 9.82 Å². The summed E-state index contributed by atoms with van der Waals surface area (Å²) in [5, 5.41) is 0. The van der Waals surface area contributed by atoms with Gasteiger partial charge in [-0.3, -0.25) is 5.84 Å². The van der Waals surface area contributed by atoms with E-state index in [4.69, 9.17) is 5.84 Å². The molecule has 0 radical (unpaired) electrons. The van der Waals surface area contributed by atoms with Gasteiger partial charge in [-0.15, -0.1) is 0 Å². The van der Waals surface area contributed by atoms with Crippen LogP contribution < -0.4 is 11.3 Å². The summed E-state index contributed by atoms with van der Waals surface area (Å²) in [6, 6.07) is 3.36. The van der Waals surface area contributed by atoms with E-state index in [2.05, 4.69) is 0 Å². The van der Waals surface area contributed by atoms with Gasteiger partial charge in [-0.2, -0.15) is 13.2 Å². The molecule has 1 rings (SSSR count). The molecule has 0 aliphatic carbocycles. The fourth-order valence-electron chi connectivity index (χ4n) is 1.15. The monoisotopic (exact) mass is 222 g/mol. The van der Waals surface area contributed by atoms with Crippen molar-refractivity contribution < 1.29 is 17.6 Å². The second-order valence-electron chi connectivity index (χ2n) is 3.06. The van der Waals surface area contributed by atoms with Gasteiger partial charge < -0.3 is 0 Å². The molecular formula is C9H10F4N2. The molecule has 2 nitrogen and oxygen atoms in total. The van der Waals surface area contributed by atoms with Crippen LogP contribution in [0.25, 0.3) is 0 Å². The zero-order valence-electron chi connectivity index (χ0n) is 7.68. The Labute approximate surface area is 84.0 Å². The number of nitrogens with one attached hydrogen (secondary N) is 1. The predicted molar refractivity (Wildman–Crippen MR) is 47.3 cm³/mol. The summed E-state index contributed by atoms with van der Waals surface area (Å²) in [5.41, 5.74) is 1.61. The normalized spacial score (nSPS) is 13.9. The number of benzene rings is 1. The summed E-state index contributed by atoms with van der Waals surface area (Å²) in [6.07, 6.45) is -5.01. The summed E-state index contributed by atoms with van der Waals surface area (Å²) in [5.74, 6) is 4.10. The van der Waals surface area contributed by atoms with E-state index in [1.807, 2.05) is 0 Å². The molecule has 1 aromatic rings. The maximum absolute atomic E-state index is 13.0. The third-order valence-corrected chi connectivity index (χ3v) is 1.98. The minimum Gasteiger partial charge on any atom is -0.271 e. The Morgan fingerprint density at radius 2 is 1.87 bits per heavy atom. The summed E-state index contributed by atoms with van der Waals surface area (Å²) >= 11 is 0. The Kier molecular flexibility index (Phi) is 3.65. The van der Waals surface area contributed by atoms with Crippen molar-refractivity contribution in [1.29, 1.82) is 0 Å². The van der Waals surface area contributed by atoms with Crippen LogP contribution in [-0.2, 0) is 6.42 Å².